The van der Waals surface area contributed by atoms with Crippen LogP contribution in [0.1, 0.15) is 36.2 Å². The van der Waals surface area contributed by atoms with Gasteiger partial charge in [0.1, 0.15) is 11.2 Å². The van der Waals surface area contributed by atoms with Crippen LogP contribution in [0.25, 0.3) is 0 Å². The van der Waals surface area contributed by atoms with E-state index in [-0.39, 0.29) is 23.2 Å². The number of anilines is 1. The summed E-state index contributed by atoms with van der Waals surface area (Å²) in [5.41, 5.74) is 0.345. The van der Waals surface area contributed by atoms with E-state index in [1.54, 1.807) is 18.2 Å². The second kappa shape index (κ2) is 5.75. The number of nitrogens with one attached hydrogen (secondary N) is 1. The van der Waals surface area contributed by atoms with Crippen LogP contribution >= 0.6 is 0 Å². The molecule has 2 atom stereocenters. The van der Waals surface area contributed by atoms with Crippen molar-refractivity contribution in [1.29, 1.82) is 0 Å². The van der Waals surface area contributed by atoms with Gasteiger partial charge in [-0.05, 0) is 49.4 Å². The number of carboxylic acids is 1. The van der Waals surface area contributed by atoms with Gasteiger partial charge in [0.25, 0.3) is 0 Å². The van der Waals surface area contributed by atoms with Gasteiger partial charge in [0.2, 0.25) is 5.91 Å². The average molecular weight is 301 g/mol. The standard InChI is InChI=1S/C17H19NO4/c1-4-11-8-13(6-7-14(11)15(20)21)18-16(22)17(10(3)19)9-12(17)5-2/h5-8,12H,2,4,9H2,1,3H3,(H,18,22)(H,20,21). The van der Waals surface area contributed by atoms with Crippen LogP contribution in [0.5, 0.6) is 0 Å². The molecule has 22 heavy (non-hydrogen) atoms. The Morgan fingerprint density at radius 3 is 2.59 bits per heavy atom. The van der Waals surface area contributed by atoms with Gasteiger partial charge in [-0.2, -0.15) is 0 Å². The number of aromatic carboxylic acids is 1. The molecule has 1 aromatic rings. The number of carbonyl (C=O) groups is 3. The molecule has 0 bridgehead atoms. The van der Waals surface area contributed by atoms with Crippen LogP contribution in [0.3, 0.4) is 0 Å². The zero-order chi connectivity index (χ0) is 16.5. The number of Topliss-reactive ketones (excluding diaryl/α,β-unsaturated/α-hetero) is 1. The van der Waals surface area contributed by atoms with E-state index >= 15 is 0 Å². The molecule has 2 unspecified atom stereocenters. The molecule has 5 heteroatoms. The van der Waals surface area contributed by atoms with E-state index in [4.69, 9.17) is 5.11 Å². The molecule has 1 fully saturated rings. The molecule has 1 saturated carbocycles. The fraction of sp³-hybridized carbons (Fsp3) is 0.353. The van der Waals surface area contributed by atoms with Crippen molar-refractivity contribution < 1.29 is 19.5 Å². The van der Waals surface area contributed by atoms with Crippen molar-refractivity contribution in [2.45, 2.75) is 26.7 Å². The number of aryl methyl sites for hydroxylation is 1. The van der Waals surface area contributed by atoms with Crippen LogP contribution in [0.2, 0.25) is 0 Å². The second-order valence-electron chi connectivity index (χ2n) is 5.56. The zero-order valence-electron chi connectivity index (χ0n) is 12.7. The van der Waals surface area contributed by atoms with Gasteiger partial charge < -0.3 is 10.4 Å². The third-order valence-corrected chi connectivity index (χ3v) is 4.31. The Hall–Kier alpha value is -2.43. The van der Waals surface area contributed by atoms with Gasteiger partial charge in [-0.3, -0.25) is 9.59 Å². The molecule has 1 aromatic carbocycles. The lowest BCUT2D eigenvalue weighted by Gasteiger charge is -2.14. The van der Waals surface area contributed by atoms with Gasteiger partial charge in [-0.25, -0.2) is 4.79 Å². The highest BCUT2D eigenvalue weighted by atomic mass is 16.4. The van der Waals surface area contributed by atoms with Crippen molar-refractivity contribution in [1.82, 2.24) is 0 Å². The van der Waals surface area contributed by atoms with E-state index in [1.165, 1.54) is 13.0 Å². The van der Waals surface area contributed by atoms with Gasteiger partial charge in [0.05, 0.1) is 5.56 Å². The molecule has 2 rings (SSSR count). The lowest BCUT2D eigenvalue weighted by molar-refractivity contribution is -0.132. The Balaban J connectivity index is 2.24. The Labute approximate surface area is 129 Å². The van der Waals surface area contributed by atoms with Gasteiger partial charge in [-0.1, -0.05) is 13.0 Å². The third kappa shape index (κ3) is 2.54. The SMILES string of the molecule is C=CC1CC1(C(C)=O)C(=O)Nc1ccc(C(=O)O)c(CC)c1. The van der Waals surface area contributed by atoms with E-state index in [1.807, 2.05) is 6.92 Å². The summed E-state index contributed by atoms with van der Waals surface area (Å²) in [6, 6.07) is 4.65. The number of hydrogen-bond acceptors (Lipinski definition) is 3. The van der Waals surface area contributed by atoms with E-state index in [0.717, 1.165) is 0 Å². The van der Waals surface area contributed by atoms with Gasteiger partial charge in [0.15, 0.2) is 0 Å². The molecule has 5 nitrogen and oxygen atoms in total. The zero-order valence-corrected chi connectivity index (χ0v) is 12.7. The summed E-state index contributed by atoms with van der Waals surface area (Å²) in [5.74, 6) is -1.65. The Kier molecular flexibility index (Phi) is 4.17. The first-order valence-electron chi connectivity index (χ1n) is 7.18. The van der Waals surface area contributed by atoms with E-state index < -0.39 is 11.4 Å². The predicted octanol–water partition coefficient (Wildman–Crippen LogP) is 2.67. The molecule has 1 amide bonds. The van der Waals surface area contributed by atoms with Crippen LogP contribution in [0, 0.1) is 11.3 Å². The monoisotopic (exact) mass is 301 g/mol. The minimum absolute atomic E-state index is 0.131. The first-order valence-corrected chi connectivity index (χ1v) is 7.18. The summed E-state index contributed by atoms with van der Waals surface area (Å²) in [6.45, 7) is 6.91. The Morgan fingerprint density at radius 1 is 1.45 bits per heavy atom. The van der Waals surface area contributed by atoms with Gasteiger partial charge in [0, 0.05) is 5.69 Å². The maximum absolute atomic E-state index is 12.4. The summed E-state index contributed by atoms with van der Waals surface area (Å²) >= 11 is 0. The molecule has 2 N–H and O–H groups in total. The summed E-state index contributed by atoms with van der Waals surface area (Å²) in [5, 5.41) is 11.8. The third-order valence-electron chi connectivity index (χ3n) is 4.31. The van der Waals surface area contributed by atoms with E-state index in [0.29, 0.717) is 24.1 Å². The first-order chi connectivity index (χ1) is 10.4. The Morgan fingerprint density at radius 2 is 2.14 bits per heavy atom. The first kappa shape index (κ1) is 15.9. The minimum atomic E-state index is -1.01. The van der Waals surface area contributed by atoms with Crippen molar-refractivity contribution in [2.75, 3.05) is 5.32 Å². The molecule has 0 aromatic heterocycles. The quantitative estimate of drug-likeness (QED) is 0.625. The van der Waals surface area contributed by atoms with Crippen LogP contribution in [-0.4, -0.2) is 22.8 Å². The number of carboxylic acid groups (broad SMARTS) is 1. The maximum atomic E-state index is 12.4. The smallest absolute Gasteiger partial charge is 0.335 e. The molecule has 0 saturated heterocycles. The molecule has 1 aliphatic rings. The molecular formula is C17H19NO4. The highest BCUT2D eigenvalue weighted by Gasteiger charge is 2.62. The van der Waals surface area contributed by atoms with Crippen molar-refractivity contribution in [3.05, 3.63) is 42.0 Å². The summed E-state index contributed by atoms with van der Waals surface area (Å²) in [7, 11) is 0. The lowest BCUT2D eigenvalue weighted by Crippen LogP contribution is -2.31. The predicted molar refractivity (Wildman–Crippen MR) is 82.8 cm³/mol. The van der Waals surface area contributed by atoms with E-state index in [9.17, 15) is 14.4 Å². The number of hydrogen-bond donors (Lipinski definition) is 2. The molecule has 0 radical (unpaired) electrons. The fourth-order valence-electron chi connectivity index (χ4n) is 2.81. The van der Waals surface area contributed by atoms with Gasteiger partial charge in [-0.15, -0.1) is 6.58 Å². The molecule has 0 heterocycles. The van der Waals surface area contributed by atoms with Crippen molar-refractivity contribution in [3.8, 4) is 0 Å². The molecular weight excluding hydrogens is 282 g/mol. The van der Waals surface area contributed by atoms with Crippen LogP contribution < -0.4 is 5.32 Å². The summed E-state index contributed by atoms with van der Waals surface area (Å²) in [4.78, 5) is 35.4. The summed E-state index contributed by atoms with van der Waals surface area (Å²) in [6.07, 6.45) is 2.65. The van der Waals surface area contributed by atoms with Crippen LogP contribution in [-0.2, 0) is 16.0 Å². The summed E-state index contributed by atoms with van der Waals surface area (Å²) < 4.78 is 0. The number of carbonyl (C=O) groups excluding carboxylic acids is 2. The average Bonchev–Trinajstić information content (AvgIpc) is 3.22. The van der Waals surface area contributed by atoms with Crippen molar-refractivity contribution in [3.63, 3.8) is 0 Å². The Bertz CT molecular complexity index is 665. The highest BCUT2D eigenvalue weighted by Crippen LogP contribution is 2.54. The molecule has 116 valence electrons. The van der Waals surface area contributed by atoms with Crippen molar-refractivity contribution in [2.24, 2.45) is 11.3 Å². The fourth-order valence-corrected chi connectivity index (χ4v) is 2.81. The highest BCUT2D eigenvalue weighted by molar-refractivity contribution is 6.14. The normalized spacial score (nSPS) is 22.7. The van der Waals surface area contributed by atoms with E-state index in [2.05, 4.69) is 11.9 Å². The second-order valence-corrected chi connectivity index (χ2v) is 5.56. The topological polar surface area (TPSA) is 83.5 Å². The molecule has 0 spiro atoms. The number of rotatable bonds is 6. The molecule has 0 aliphatic heterocycles. The lowest BCUT2D eigenvalue weighted by atomic mass is 9.97. The minimum Gasteiger partial charge on any atom is -0.478 e. The largest absolute Gasteiger partial charge is 0.478 e. The van der Waals surface area contributed by atoms with Crippen molar-refractivity contribution >= 4 is 23.3 Å². The van der Waals surface area contributed by atoms with Gasteiger partial charge >= 0.3 is 5.97 Å². The van der Waals surface area contributed by atoms with Crippen LogP contribution in [0.4, 0.5) is 5.69 Å². The molecule has 1 aliphatic carbocycles. The van der Waals surface area contributed by atoms with Crippen LogP contribution in [0.15, 0.2) is 30.9 Å². The number of amides is 1. The maximum Gasteiger partial charge on any atom is 0.335 e. The number of ketones is 1. The number of allylic oxidation sites excluding steroid dienone is 1. The number of benzene rings is 1.